The number of rotatable bonds is 4. The van der Waals surface area contributed by atoms with Crippen LogP contribution in [-0.4, -0.2) is 35.1 Å². The molecule has 0 saturated heterocycles. The van der Waals surface area contributed by atoms with E-state index in [9.17, 15) is 26.3 Å². The molecule has 0 aliphatic heterocycles. The number of ether oxygens (including phenoxy) is 1. The summed E-state index contributed by atoms with van der Waals surface area (Å²) in [7, 11) is 0. The first-order valence-electron chi connectivity index (χ1n) is 3.65. The minimum absolute atomic E-state index is 1.85. The molecule has 0 aliphatic rings. The fourth-order valence-corrected chi connectivity index (χ4v) is 0.674. The lowest BCUT2D eigenvalue weighted by Crippen LogP contribution is -2.30. The van der Waals surface area contributed by atoms with Crippen molar-refractivity contribution in [2.75, 3.05) is 0 Å². The summed E-state index contributed by atoms with van der Waals surface area (Å²) in [6, 6.07) is 0. The summed E-state index contributed by atoms with van der Waals surface area (Å²) in [6.45, 7) is 0. The molecule has 9 heteroatoms. The highest BCUT2D eigenvalue weighted by Crippen LogP contribution is 2.25. The van der Waals surface area contributed by atoms with E-state index >= 15 is 0 Å². The highest BCUT2D eigenvalue weighted by Gasteiger charge is 2.36. The second-order valence-electron chi connectivity index (χ2n) is 2.68. The molecule has 92 valence electrons. The van der Waals surface area contributed by atoms with Crippen molar-refractivity contribution in [1.29, 1.82) is 0 Å². The van der Waals surface area contributed by atoms with Crippen LogP contribution in [0.1, 0.15) is 12.8 Å². The average molecular weight is 242 g/mol. The molecule has 0 rings (SSSR count). The quantitative estimate of drug-likeness (QED) is 0.580. The van der Waals surface area contributed by atoms with Crippen molar-refractivity contribution in [3.05, 3.63) is 0 Å². The van der Waals surface area contributed by atoms with Gasteiger partial charge in [0.15, 0.2) is 12.6 Å². The summed E-state index contributed by atoms with van der Waals surface area (Å²) in [4.78, 5) is 0. The Morgan fingerprint density at radius 1 is 0.800 bits per heavy atom. The van der Waals surface area contributed by atoms with Crippen LogP contribution >= 0.6 is 0 Å². The van der Waals surface area contributed by atoms with Crippen molar-refractivity contribution in [3.63, 3.8) is 0 Å². The van der Waals surface area contributed by atoms with Gasteiger partial charge in [0.05, 0.1) is 12.8 Å². The predicted molar refractivity (Wildman–Crippen MR) is 34.4 cm³/mol. The second-order valence-corrected chi connectivity index (χ2v) is 2.68. The average Bonchev–Trinajstić information content (AvgIpc) is 1.73. The molecule has 0 fully saturated rings. The van der Waals surface area contributed by atoms with E-state index in [2.05, 4.69) is 4.74 Å². The molecule has 3 nitrogen and oxygen atoms in total. The number of hydrogen-bond donors (Lipinski definition) is 2. The Morgan fingerprint density at radius 3 is 1.27 bits per heavy atom. The highest BCUT2D eigenvalue weighted by molar-refractivity contribution is 4.57. The first kappa shape index (κ1) is 14.5. The van der Waals surface area contributed by atoms with Crippen LogP contribution in [0.3, 0.4) is 0 Å². The molecule has 0 aromatic rings. The maximum Gasteiger partial charge on any atom is 0.393 e. The monoisotopic (exact) mass is 242 g/mol. The summed E-state index contributed by atoms with van der Waals surface area (Å²) in [5.74, 6) is 0. The predicted octanol–water partition coefficient (Wildman–Crippen LogP) is 1.54. The molecular weight excluding hydrogens is 234 g/mol. The van der Waals surface area contributed by atoms with E-state index in [1.165, 1.54) is 0 Å². The van der Waals surface area contributed by atoms with Gasteiger partial charge in [-0.25, -0.2) is 0 Å². The zero-order valence-corrected chi connectivity index (χ0v) is 7.14. The summed E-state index contributed by atoms with van der Waals surface area (Å²) in [6.07, 6.45) is -18.3. The third-order valence-corrected chi connectivity index (χ3v) is 1.13. The molecular formula is C6H8F6O3. The van der Waals surface area contributed by atoms with Gasteiger partial charge in [0.2, 0.25) is 0 Å². The van der Waals surface area contributed by atoms with E-state index < -0.39 is 37.8 Å². The third-order valence-electron chi connectivity index (χ3n) is 1.13. The molecule has 0 unspecified atom stereocenters. The molecule has 0 heterocycles. The second kappa shape index (κ2) is 4.99. The van der Waals surface area contributed by atoms with Gasteiger partial charge in [-0.15, -0.1) is 0 Å². The van der Waals surface area contributed by atoms with Crippen LogP contribution in [0, 0.1) is 0 Å². The molecule has 0 aromatic heterocycles. The topological polar surface area (TPSA) is 49.7 Å². The van der Waals surface area contributed by atoms with Gasteiger partial charge in [0, 0.05) is 0 Å². The lowest BCUT2D eigenvalue weighted by molar-refractivity contribution is -0.273. The number of alkyl halides is 6. The third kappa shape index (κ3) is 9.76. The summed E-state index contributed by atoms with van der Waals surface area (Å²) < 4.78 is 73.0. The van der Waals surface area contributed by atoms with Crippen molar-refractivity contribution in [3.8, 4) is 0 Å². The largest absolute Gasteiger partial charge is 0.393 e. The Kier molecular flexibility index (Phi) is 4.81. The molecule has 2 N–H and O–H groups in total. The normalized spacial score (nSPS) is 17.6. The maximum atomic E-state index is 11.6. The first-order chi connectivity index (χ1) is 6.49. The number of halogens is 6. The Hall–Kier alpha value is -0.540. The van der Waals surface area contributed by atoms with E-state index in [0.29, 0.717) is 0 Å². The Morgan fingerprint density at radius 2 is 1.07 bits per heavy atom. The Bertz CT molecular complexity index is 168. The molecule has 0 amide bonds. The lowest BCUT2D eigenvalue weighted by Gasteiger charge is -2.19. The maximum absolute atomic E-state index is 11.6. The van der Waals surface area contributed by atoms with E-state index in [1.807, 2.05) is 0 Å². The fourth-order valence-electron chi connectivity index (χ4n) is 0.674. The molecule has 0 saturated carbocycles. The summed E-state index contributed by atoms with van der Waals surface area (Å²) >= 11 is 0. The van der Waals surface area contributed by atoms with Crippen LogP contribution in [0.4, 0.5) is 26.3 Å². The van der Waals surface area contributed by atoms with Crippen molar-refractivity contribution >= 4 is 0 Å². The number of aliphatic hydroxyl groups excluding tert-OH is 2. The molecule has 0 aliphatic carbocycles. The van der Waals surface area contributed by atoms with Crippen molar-refractivity contribution < 1.29 is 41.3 Å². The smallest absolute Gasteiger partial charge is 0.368 e. The van der Waals surface area contributed by atoms with Crippen LogP contribution in [0.25, 0.3) is 0 Å². The SMILES string of the molecule is O[C@H](CC(F)(F)F)O[C@H](O)CC(F)(F)F. The van der Waals surface area contributed by atoms with E-state index in [1.54, 1.807) is 0 Å². The molecule has 0 radical (unpaired) electrons. The van der Waals surface area contributed by atoms with Crippen LogP contribution < -0.4 is 0 Å². The van der Waals surface area contributed by atoms with E-state index in [4.69, 9.17) is 10.2 Å². The zero-order valence-electron chi connectivity index (χ0n) is 7.14. The molecule has 2 atom stereocenters. The number of hydrogen-bond acceptors (Lipinski definition) is 3. The Labute approximate surface area is 80.3 Å². The van der Waals surface area contributed by atoms with Gasteiger partial charge in [0.25, 0.3) is 0 Å². The summed E-state index contributed by atoms with van der Waals surface area (Å²) in [5, 5.41) is 17.0. The van der Waals surface area contributed by atoms with Gasteiger partial charge in [-0.05, 0) is 0 Å². The molecule has 0 bridgehead atoms. The molecule has 15 heavy (non-hydrogen) atoms. The van der Waals surface area contributed by atoms with Gasteiger partial charge in [-0.1, -0.05) is 0 Å². The van der Waals surface area contributed by atoms with Crippen LogP contribution in [0.5, 0.6) is 0 Å². The lowest BCUT2D eigenvalue weighted by atomic mass is 10.4. The minimum atomic E-state index is -4.78. The van der Waals surface area contributed by atoms with Crippen molar-refractivity contribution in [2.45, 2.75) is 37.8 Å². The van der Waals surface area contributed by atoms with Gasteiger partial charge >= 0.3 is 12.4 Å². The zero-order chi connectivity index (χ0) is 12.3. The minimum Gasteiger partial charge on any atom is -0.368 e. The van der Waals surface area contributed by atoms with Gasteiger partial charge in [-0.2, -0.15) is 26.3 Å². The van der Waals surface area contributed by atoms with Crippen LogP contribution in [0.2, 0.25) is 0 Å². The molecule has 0 aromatic carbocycles. The van der Waals surface area contributed by atoms with Crippen LogP contribution in [-0.2, 0) is 4.74 Å². The number of aliphatic hydroxyl groups is 2. The van der Waals surface area contributed by atoms with Crippen molar-refractivity contribution in [2.24, 2.45) is 0 Å². The van der Waals surface area contributed by atoms with E-state index in [-0.39, 0.29) is 0 Å². The Balaban J connectivity index is 3.92. The summed E-state index contributed by atoms with van der Waals surface area (Å²) in [5.41, 5.74) is 0. The van der Waals surface area contributed by atoms with Gasteiger partial charge in [-0.3, -0.25) is 0 Å². The highest BCUT2D eigenvalue weighted by atomic mass is 19.4. The van der Waals surface area contributed by atoms with Gasteiger partial charge in [0.1, 0.15) is 0 Å². The van der Waals surface area contributed by atoms with Crippen molar-refractivity contribution in [1.82, 2.24) is 0 Å². The first-order valence-corrected chi connectivity index (χ1v) is 3.65. The van der Waals surface area contributed by atoms with Crippen LogP contribution in [0.15, 0.2) is 0 Å². The van der Waals surface area contributed by atoms with E-state index in [0.717, 1.165) is 0 Å². The standard InChI is InChI=1S/C6H8F6O3/c7-5(8,9)1-3(13)15-4(14)2-6(10,11)12/h3-4,13-14H,1-2H2/t3-,4-/m0/s1. The fraction of sp³-hybridized carbons (Fsp3) is 1.00. The molecule has 0 spiro atoms. The van der Waals surface area contributed by atoms with Gasteiger partial charge < -0.3 is 14.9 Å².